The molecule has 0 amide bonds. The summed E-state index contributed by atoms with van der Waals surface area (Å²) < 4.78 is 17.5. The Hall–Kier alpha value is -1.85. The molecule has 0 aromatic heterocycles. The summed E-state index contributed by atoms with van der Waals surface area (Å²) in [6.45, 7) is 0. The van der Waals surface area contributed by atoms with Crippen LogP contribution in [0.4, 0.5) is 11.4 Å². The van der Waals surface area contributed by atoms with E-state index >= 15 is 0 Å². The lowest BCUT2D eigenvalue weighted by molar-refractivity contribution is 0.413. The van der Waals surface area contributed by atoms with Gasteiger partial charge in [0.2, 0.25) is 0 Å². The largest absolute Gasteiger partial charge is 0.606 e. The molecule has 0 aliphatic heterocycles. The van der Waals surface area contributed by atoms with Crippen LogP contribution < -0.4 is 16.2 Å². The van der Waals surface area contributed by atoms with E-state index in [1.54, 1.807) is 49.6 Å². The number of nitrogens with two attached hydrogens (primary N) is 2. The average Bonchev–Trinajstić information content (AvgIpc) is 2.39. The van der Waals surface area contributed by atoms with E-state index < -0.39 is 11.2 Å². The summed E-state index contributed by atoms with van der Waals surface area (Å²) in [6.07, 6.45) is 0. The van der Waals surface area contributed by atoms with Crippen molar-refractivity contribution >= 4 is 22.6 Å². The monoisotopic (exact) mass is 262 g/mol. The molecule has 1 unspecified atom stereocenters. The number of hydrogen-bond donors (Lipinski definition) is 2. The van der Waals surface area contributed by atoms with Gasteiger partial charge in [0.25, 0.3) is 0 Å². The van der Waals surface area contributed by atoms with Crippen LogP contribution in [0, 0.1) is 0 Å². The second kappa shape index (κ2) is 5.20. The summed E-state index contributed by atoms with van der Waals surface area (Å²) in [5.41, 5.74) is 12.5. The first-order valence-corrected chi connectivity index (χ1v) is 6.47. The Morgan fingerprint density at radius 3 is 2.33 bits per heavy atom. The van der Waals surface area contributed by atoms with Crippen LogP contribution in [0.2, 0.25) is 0 Å². The van der Waals surface area contributed by atoms with Crippen molar-refractivity contribution in [3.05, 3.63) is 42.5 Å². The maximum atomic E-state index is 12.4. The zero-order valence-electron chi connectivity index (χ0n) is 9.92. The first kappa shape index (κ1) is 12.6. The van der Waals surface area contributed by atoms with Gasteiger partial charge in [-0.1, -0.05) is 0 Å². The van der Waals surface area contributed by atoms with E-state index in [0.717, 1.165) is 0 Å². The molecule has 0 saturated heterocycles. The Morgan fingerprint density at radius 1 is 1.06 bits per heavy atom. The predicted octanol–water partition coefficient (Wildman–Crippen LogP) is 2.03. The molecule has 0 fully saturated rings. The minimum atomic E-state index is -1.34. The number of nitrogen functional groups attached to an aromatic ring is 2. The normalized spacial score (nSPS) is 12.1. The van der Waals surface area contributed by atoms with E-state index in [4.69, 9.17) is 16.2 Å². The third kappa shape index (κ3) is 2.52. The number of hydrogen-bond acceptors (Lipinski definition) is 4. The van der Waals surface area contributed by atoms with Crippen LogP contribution in [0.1, 0.15) is 0 Å². The van der Waals surface area contributed by atoms with Gasteiger partial charge in [0.1, 0.15) is 5.75 Å². The molecule has 0 spiro atoms. The highest BCUT2D eigenvalue weighted by Crippen LogP contribution is 2.29. The van der Waals surface area contributed by atoms with Crippen molar-refractivity contribution in [3.8, 4) is 5.75 Å². The Morgan fingerprint density at radius 2 is 1.72 bits per heavy atom. The lowest BCUT2D eigenvalue weighted by Gasteiger charge is -2.13. The molecule has 0 aliphatic carbocycles. The lowest BCUT2D eigenvalue weighted by atomic mass is 10.3. The van der Waals surface area contributed by atoms with Crippen LogP contribution >= 0.6 is 0 Å². The highest BCUT2D eigenvalue weighted by Gasteiger charge is 2.18. The number of methoxy groups -OCH3 is 1. The topological polar surface area (TPSA) is 84.3 Å². The van der Waals surface area contributed by atoms with Gasteiger partial charge in [-0.3, -0.25) is 0 Å². The molecule has 0 heterocycles. The number of benzene rings is 2. The second-order valence-electron chi connectivity index (χ2n) is 3.74. The first-order valence-electron chi connectivity index (χ1n) is 5.32. The molecular formula is C13H14N2O2S. The van der Waals surface area contributed by atoms with Crippen LogP contribution in [0.15, 0.2) is 52.3 Å². The van der Waals surface area contributed by atoms with Gasteiger partial charge in [-0.05, 0) is 36.4 Å². The van der Waals surface area contributed by atoms with E-state index in [2.05, 4.69) is 0 Å². The standard InChI is InChI=1S/C13H14N2O2S/c1-17-10-4-7-12(15)13(8-10)18(16)11-5-2-9(14)3-6-11/h2-8H,14-15H2,1H3. The van der Waals surface area contributed by atoms with Crippen molar-refractivity contribution in [2.75, 3.05) is 18.6 Å². The van der Waals surface area contributed by atoms with E-state index in [1.807, 2.05) is 0 Å². The van der Waals surface area contributed by atoms with E-state index in [0.29, 0.717) is 26.9 Å². The summed E-state index contributed by atoms with van der Waals surface area (Å²) in [7, 11) is 1.56. The van der Waals surface area contributed by atoms with Crippen LogP contribution in [0.3, 0.4) is 0 Å². The Bertz CT molecular complexity index is 543. The predicted molar refractivity (Wildman–Crippen MR) is 72.9 cm³/mol. The van der Waals surface area contributed by atoms with Crippen molar-refractivity contribution in [2.45, 2.75) is 9.79 Å². The van der Waals surface area contributed by atoms with E-state index in [-0.39, 0.29) is 0 Å². The van der Waals surface area contributed by atoms with E-state index in [1.165, 1.54) is 0 Å². The van der Waals surface area contributed by atoms with Gasteiger partial charge in [-0.15, -0.1) is 0 Å². The van der Waals surface area contributed by atoms with Crippen molar-refractivity contribution in [1.29, 1.82) is 0 Å². The fourth-order valence-electron chi connectivity index (χ4n) is 1.52. The highest BCUT2D eigenvalue weighted by molar-refractivity contribution is 7.91. The summed E-state index contributed by atoms with van der Waals surface area (Å²) in [4.78, 5) is 1.20. The Kier molecular flexibility index (Phi) is 3.64. The fourth-order valence-corrected chi connectivity index (χ4v) is 2.66. The minimum Gasteiger partial charge on any atom is -0.606 e. The molecule has 5 heteroatoms. The van der Waals surface area contributed by atoms with Gasteiger partial charge in [0.05, 0.1) is 12.8 Å². The molecule has 1 atom stereocenters. The Labute approximate surface area is 109 Å². The highest BCUT2D eigenvalue weighted by atomic mass is 32.2. The third-order valence-electron chi connectivity index (χ3n) is 2.51. The molecule has 0 aliphatic rings. The van der Waals surface area contributed by atoms with Gasteiger partial charge in [0, 0.05) is 22.9 Å². The molecular weight excluding hydrogens is 248 g/mol. The van der Waals surface area contributed by atoms with Crippen LogP contribution in [0.25, 0.3) is 0 Å². The van der Waals surface area contributed by atoms with Gasteiger partial charge in [0.15, 0.2) is 9.79 Å². The molecule has 18 heavy (non-hydrogen) atoms. The molecule has 94 valence electrons. The van der Waals surface area contributed by atoms with E-state index in [9.17, 15) is 4.55 Å². The Balaban J connectivity index is 2.38. The smallest absolute Gasteiger partial charge is 0.185 e. The van der Waals surface area contributed by atoms with Gasteiger partial charge >= 0.3 is 0 Å². The molecule has 2 rings (SSSR count). The van der Waals surface area contributed by atoms with Crippen molar-refractivity contribution in [1.82, 2.24) is 0 Å². The van der Waals surface area contributed by atoms with Crippen molar-refractivity contribution in [3.63, 3.8) is 0 Å². The van der Waals surface area contributed by atoms with Gasteiger partial charge in [-0.2, -0.15) is 0 Å². The molecule has 4 N–H and O–H groups in total. The molecule has 2 aromatic rings. The quantitative estimate of drug-likeness (QED) is 0.654. The second-order valence-corrected chi connectivity index (χ2v) is 5.19. The lowest BCUT2D eigenvalue weighted by Crippen LogP contribution is -2.06. The van der Waals surface area contributed by atoms with Crippen LogP contribution in [0.5, 0.6) is 5.75 Å². The van der Waals surface area contributed by atoms with Crippen LogP contribution in [-0.2, 0) is 11.2 Å². The zero-order valence-corrected chi connectivity index (χ0v) is 10.7. The van der Waals surface area contributed by atoms with Crippen molar-refractivity contribution < 1.29 is 9.29 Å². The third-order valence-corrected chi connectivity index (χ3v) is 3.97. The minimum absolute atomic E-state index is 0.478. The maximum absolute atomic E-state index is 12.4. The van der Waals surface area contributed by atoms with Gasteiger partial charge < -0.3 is 20.8 Å². The fraction of sp³-hybridized carbons (Fsp3) is 0.0769. The summed E-state index contributed by atoms with van der Waals surface area (Å²) >= 11 is -1.34. The molecule has 0 saturated carbocycles. The molecule has 2 aromatic carbocycles. The van der Waals surface area contributed by atoms with Gasteiger partial charge in [-0.25, -0.2) is 0 Å². The maximum Gasteiger partial charge on any atom is 0.185 e. The summed E-state index contributed by atoms with van der Waals surface area (Å²) in [5.74, 6) is 0.628. The molecule has 0 radical (unpaired) electrons. The zero-order chi connectivity index (χ0) is 13.1. The van der Waals surface area contributed by atoms with Crippen molar-refractivity contribution in [2.24, 2.45) is 0 Å². The molecule has 4 nitrogen and oxygen atoms in total. The van der Waals surface area contributed by atoms with Crippen LogP contribution in [-0.4, -0.2) is 11.7 Å². The summed E-state index contributed by atoms with van der Waals surface area (Å²) in [5, 5.41) is 0. The average molecular weight is 262 g/mol. The number of ether oxygens (including phenoxy) is 1. The summed E-state index contributed by atoms with van der Waals surface area (Å²) in [6, 6.07) is 12.0. The SMILES string of the molecule is COc1ccc(N)c([S+]([O-])c2ccc(N)cc2)c1. The number of anilines is 2. The number of rotatable bonds is 3. The molecule has 0 bridgehead atoms. The first-order chi connectivity index (χ1) is 8.61.